The number of amides is 2. The molecule has 0 aliphatic carbocycles. The second-order valence-corrected chi connectivity index (χ2v) is 7.07. The number of carbonyl (C=O) groups excluding carboxylic acids is 2. The van der Waals surface area contributed by atoms with Crippen molar-refractivity contribution in [1.29, 1.82) is 0 Å². The number of halogens is 1. The van der Waals surface area contributed by atoms with E-state index in [1.807, 2.05) is 30.3 Å². The van der Waals surface area contributed by atoms with E-state index in [9.17, 15) is 9.59 Å². The normalized spacial score (nSPS) is 15.6. The Morgan fingerprint density at radius 1 is 1.07 bits per heavy atom. The third-order valence-corrected chi connectivity index (χ3v) is 4.81. The molecule has 0 radical (unpaired) electrons. The fourth-order valence-corrected chi connectivity index (χ4v) is 3.29. The first-order chi connectivity index (χ1) is 13.6. The number of hydrogen-bond acceptors (Lipinski definition) is 4. The SMILES string of the molecule is O=C(CNC(=O)c1cccc(Cl)c1)NC(CN1CCOCC1)c1ccccc1. The molecule has 148 valence electrons. The molecule has 1 fully saturated rings. The van der Waals surface area contributed by atoms with Crippen molar-refractivity contribution in [3.8, 4) is 0 Å². The molecule has 1 aliphatic heterocycles. The Kier molecular flexibility index (Phi) is 7.42. The summed E-state index contributed by atoms with van der Waals surface area (Å²) >= 11 is 5.91. The Bertz CT molecular complexity index is 794. The van der Waals surface area contributed by atoms with Crippen LogP contribution in [0.5, 0.6) is 0 Å². The Morgan fingerprint density at radius 3 is 2.54 bits per heavy atom. The predicted molar refractivity (Wildman–Crippen MR) is 108 cm³/mol. The lowest BCUT2D eigenvalue weighted by molar-refractivity contribution is -0.121. The zero-order chi connectivity index (χ0) is 19.8. The Labute approximate surface area is 169 Å². The lowest BCUT2D eigenvalue weighted by Gasteiger charge is -2.31. The van der Waals surface area contributed by atoms with Crippen molar-refractivity contribution in [3.63, 3.8) is 0 Å². The molecule has 0 aromatic heterocycles. The highest BCUT2D eigenvalue weighted by atomic mass is 35.5. The summed E-state index contributed by atoms with van der Waals surface area (Å²) in [6, 6.07) is 16.3. The molecule has 0 bridgehead atoms. The lowest BCUT2D eigenvalue weighted by atomic mass is 10.1. The van der Waals surface area contributed by atoms with Gasteiger partial charge in [0.1, 0.15) is 0 Å². The Balaban J connectivity index is 1.58. The zero-order valence-corrected chi connectivity index (χ0v) is 16.3. The molecular formula is C21H24ClN3O3. The molecule has 3 rings (SSSR count). The van der Waals surface area contributed by atoms with E-state index in [1.54, 1.807) is 24.3 Å². The summed E-state index contributed by atoms with van der Waals surface area (Å²) in [6.45, 7) is 3.67. The summed E-state index contributed by atoms with van der Waals surface area (Å²) in [6.07, 6.45) is 0. The molecule has 1 saturated heterocycles. The van der Waals surface area contributed by atoms with Crippen LogP contribution in [0, 0.1) is 0 Å². The summed E-state index contributed by atoms with van der Waals surface area (Å²) < 4.78 is 5.40. The third-order valence-electron chi connectivity index (χ3n) is 4.58. The van der Waals surface area contributed by atoms with Gasteiger partial charge in [0.25, 0.3) is 5.91 Å². The number of nitrogens with one attached hydrogen (secondary N) is 2. The molecule has 0 spiro atoms. The molecule has 2 aromatic rings. The molecule has 1 unspecified atom stereocenters. The van der Waals surface area contributed by atoms with Crippen LogP contribution in [0.3, 0.4) is 0 Å². The van der Waals surface area contributed by atoms with Gasteiger partial charge in [0, 0.05) is 30.2 Å². The molecule has 6 nitrogen and oxygen atoms in total. The van der Waals surface area contributed by atoms with Crippen molar-refractivity contribution in [1.82, 2.24) is 15.5 Å². The van der Waals surface area contributed by atoms with Crippen molar-refractivity contribution < 1.29 is 14.3 Å². The molecule has 1 heterocycles. The molecule has 1 atom stereocenters. The topological polar surface area (TPSA) is 70.7 Å². The van der Waals surface area contributed by atoms with E-state index in [2.05, 4.69) is 15.5 Å². The zero-order valence-electron chi connectivity index (χ0n) is 15.6. The average Bonchev–Trinajstić information content (AvgIpc) is 2.73. The monoisotopic (exact) mass is 401 g/mol. The second-order valence-electron chi connectivity index (χ2n) is 6.64. The molecule has 7 heteroatoms. The van der Waals surface area contributed by atoms with Crippen molar-refractivity contribution in [2.24, 2.45) is 0 Å². The Hall–Kier alpha value is -2.41. The van der Waals surface area contributed by atoms with Gasteiger partial charge in [-0.1, -0.05) is 48.0 Å². The Morgan fingerprint density at radius 2 is 1.82 bits per heavy atom. The summed E-state index contributed by atoms with van der Waals surface area (Å²) in [5, 5.41) is 6.16. The van der Waals surface area contributed by atoms with Crippen molar-refractivity contribution in [2.45, 2.75) is 6.04 Å². The van der Waals surface area contributed by atoms with E-state index >= 15 is 0 Å². The van der Waals surface area contributed by atoms with Crippen LogP contribution in [0.15, 0.2) is 54.6 Å². The van der Waals surface area contributed by atoms with Crippen LogP contribution in [-0.4, -0.2) is 56.1 Å². The lowest BCUT2D eigenvalue weighted by Crippen LogP contribution is -2.45. The number of benzene rings is 2. The molecular weight excluding hydrogens is 378 g/mol. The highest BCUT2D eigenvalue weighted by Gasteiger charge is 2.20. The van der Waals surface area contributed by atoms with Gasteiger partial charge < -0.3 is 15.4 Å². The summed E-state index contributed by atoms with van der Waals surface area (Å²) in [4.78, 5) is 26.9. The van der Waals surface area contributed by atoms with Gasteiger partial charge >= 0.3 is 0 Å². The van der Waals surface area contributed by atoms with Gasteiger partial charge in [0.05, 0.1) is 25.8 Å². The largest absolute Gasteiger partial charge is 0.379 e. The molecule has 2 amide bonds. The van der Waals surface area contributed by atoms with Crippen molar-refractivity contribution in [2.75, 3.05) is 39.4 Å². The summed E-state index contributed by atoms with van der Waals surface area (Å²) in [5.41, 5.74) is 1.46. The molecule has 2 aromatic carbocycles. The summed E-state index contributed by atoms with van der Waals surface area (Å²) in [7, 11) is 0. The maximum absolute atomic E-state index is 12.5. The minimum Gasteiger partial charge on any atom is -0.379 e. The van der Waals surface area contributed by atoms with Gasteiger partial charge in [-0.25, -0.2) is 0 Å². The maximum atomic E-state index is 12.5. The van der Waals surface area contributed by atoms with Gasteiger partial charge in [-0.15, -0.1) is 0 Å². The van der Waals surface area contributed by atoms with Crippen LogP contribution in [0.1, 0.15) is 22.0 Å². The van der Waals surface area contributed by atoms with Crippen LogP contribution in [-0.2, 0) is 9.53 Å². The molecule has 2 N–H and O–H groups in total. The van der Waals surface area contributed by atoms with Gasteiger partial charge in [0.2, 0.25) is 5.91 Å². The molecule has 1 aliphatic rings. The highest BCUT2D eigenvalue weighted by molar-refractivity contribution is 6.30. The minimum absolute atomic E-state index is 0.0994. The summed E-state index contributed by atoms with van der Waals surface area (Å²) in [5.74, 6) is -0.570. The smallest absolute Gasteiger partial charge is 0.251 e. The number of carbonyl (C=O) groups is 2. The molecule has 28 heavy (non-hydrogen) atoms. The number of hydrogen-bond donors (Lipinski definition) is 2. The van der Waals surface area contributed by atoms with Gasteiger partial charge in [-0.3, -0.25) is 14.5 Å². The standard InChI is InChI=1S/C21H24ClN3O3/c22-18-8-4-7-17(13-18)21(27)23-14-20(26)24-19(16-5-2-1-3-6-16)15-25-9-11-28-12-10-25/h1-8,13,19H,9-12,14-15H2,(H,23,27)(H,24,26). The van der Waals surface area contributed by atoms with Gasteiger partial charge in [-0.2, -0.15) is 0 Å². The van der Waals surface area contributed by atoms with Crippen molar-refractivity contribution >= 4 is 23.4 Å². The van der Waals surface area contributed by atoms with E-state index in [-0.39, 0.29) is 24.4 Å². The van der Waals surface area contributed by atoms with E-state index < -0.39 is 0 Å². The fourth-order valence-electron chi connectivity index (χ4n) is 3.10. The van der Waals surface area contributed by atoms with Gasteiger partial charge in [-0.05, 0) is 23.8 Å². The van der Waals surface area contributed by atoms with Crippen LogP contribution < -0.4 is 10.6 Å². The highest BCUT2D eigenvalue weighted by Crippen LogP contribution is 2.15. The van der Waals surface area contributed by atoms with E-state index in [0.29, 0.717) is 30.3 Å². The van der Waals surface area contributed by atoms with Crippen LogP contribution in [0.2, 0.25) is 5.02 Å². The van der Waals surface area contributed by atoms with E-state index in [0.717, 1.165) is 18.7 Å². The van der Waals surface area contributed by atoms with Crippen LogP contribution in [0.25, 0.3) is 0 Å². The van der Waals surface area contributed by atoms with E-state index in [1.165, 1.54) is 0 Å². The predicted octanol–water partition coefficient (Wildman–Crippen LogP) is 2.26. The molecule has 0 saturated carbocycles. The van der Waals surface area contributed by atoms with Gasteiger partial charge in [0.15, 0.2) is 0 Å². The number of morpholine rings is 1. The third kappa shape index (κ3) is 6.05. The fraction of sp³-hybridized carbons (Fsp3) is 0.333. The van der Waals surface area contributed by atoms with Crippen LogP contribution >= 0.6 is 11.6 Å². The number of nitrogens with zero attached hydrogens (tertiary/aromatic N) is 1. The number of ether oxygens (including phenoxy) is 1. The first kappa shape index (κ1) is 20.3. The quantitative estimate of drug-likeness (QED) is 0.746. The van der Waals surface area contributed by atoms with Crippen molar-refractivity contribution in [3.05, 3.63) is 70.7 Å². The van der Waals surface area contributed by atoms with E-state index in [4.69, 9.17) is 16.3 Å². The van der Waals surface area contributed by atoms with Crippen LogP contribution in [0.4, 0.5) is 0 Å². The second kappa shape index (κ2) is 10.2. The number of rotatable bonds is 7. The minimum atomic E-state index is -0.331. The first-order valence-corrected chi connectivity index (χ1v) is 9.68. The maximum Gasteiger partial charge on any atom is 0.251 e. The average molecular weight is 402 g/mol. The first-order valence-electron chi connectivity index (χ1n) is 9.30.